The first kappa shape index (κ1) is 16.2. The molecule has 0 saturated carbocycles. The number of nitrogens with zero attached hydrogens (tertiary/aromatic N) is 4. The van der Waals surface area contributed by atoms with Crippen molar-refractivity contribution in [3.05, 3.63) is 22.4 Å². The van der Waals surface area contributed by atoms with Crippen molar-refractivity contribution in [2.24, 2.45) is 13.0 Å². The molecule has 2 N–H and O–H groups in total. The third-order valence-electron chi connectivity index (χ3n) is 4.35. The van der Waals surface area contributed by atoms with Gasteiger partial charge in [-0.2, -0.15) is 5.10 Å². The average Bonchev–Trinajstić information content (AvgIpc) is 2.95. The lowest BCUT2D eigenvalue weighted by Gasteiger charge is -2.30. The third-order valence-corrected chi connectivity index (χ3v) is 4.35. The van der Waals surface area contributed by atoms with Crippen molar-refractivity contribution in [3.63, 3.8) is 0 Å². The van der Waals surface area contributed by atoms with Crippen molar-refractivity contribution in [1.82, 2.24) is 30.0 Å². The zero-order valence-electron chi connectivity index (χ0n) is 13.6. The van der Waals surface area contributed by atoms with Gasteiger partial charge in [-0.25, -0.2) is 4.98 Å². The molecule has 0 atom stereocenters. The number of aromatic nitrogens is 4. The van der Waals surface area contributed by atoms with Crippen LogP contribution in [0, 0.1) is 18.3 Å². The van der Waals surface area contributed by atoms with Crippen LogP contribution in [0.2, 0.25) is 0 Å². The van der Waals surface area contributed by atoms with E-state index in [9.17, 15) is 9.59 Å². The number of nitrogens with one attached hydrogen (secondary N) is 2. The molecule has 2 aromatic heterocycles. The molecule has 1 fully saturated rings. The van der Waals surface area contributed by atoms with Gasteiger partial charge in [-0.05, 0) is 25.9 Å². The van der Waals surface area contributed by atoms with Crippen LogP contribution >= 0.6 is 0 Å². The predicted molar refractivity (Wildman–Crippen MR) is 89.0 cm³/mol. The fourth-order valence-corrected chi connectivity index (χ4v) is 3.00. The van der Waals surface area contributed by atoms with Crippen LogP contribution in [0.5, 0.6) is 0 Å². The summed E-state index contributed by atoms with van der Waals surface area (Å²) in [4.78, 5) is 33.5. The number of amides is 1. The van der Waals surface area contributed by atoms with Gasteiger partial charge in [0.1, 0.15) is 11.2 Å². The lowest BCUT2D eigenvalue weighted by molar-refractivity contribution is -0.126. The van der Waals surface area contributed by atoms with E-state index in [1.54, 1.807) is 11.7 Å². The number of fused-ring (bicyclic) bond motifs is 1. The standard InChI is InChI=1S/C16H20N6O2/c1-3-6-17-15(23)11-4-7-22(8-5-11)10-13-19-14-12(16(24)20-13)9-18-21(14)2/h1,9,11H,4-8,10H2,2H3,(H,17,23)(H,19,20,24). The zero-order valence-corrected chi connectivity index (χ0v) is 13.6. The second kappa shape index (κ2) is 6.84. The van der Waals surface area contributed by atoms with Gasteiger partial charge in [0.25, 0.3) is 5.56 Å². The molecular weight excluding hydrogens is 308 g/mol. The lowest BCUT2D eigenvalue weighted by atomic mass is 9.96. The van der Waals surface area contributed by atoms with Crippen LogP contribution in [-0.4, -0.2) is 50.2 Å². The summed E-state index contributed by atoms with van der Waals surface area (Å²) in [6.07, 6.45) is 8.22. The van der Waals surface area contributed by atoms with Crippen molar-refractivity contribution >= 4 is 16.9 Å². The number of likely N-dealkylation sites (tertiary alicyclic amines) is 1. The van der Waals surface area contributed by atoms with E-state index in [2.05, 4.69) is 31.2 Å². The highest BCUT2D eigenvalue weighted by Gasteiger charge is 2.25. The summed E-state index contributed by atoms with van der Waals surface area (Å²) >= 11 is 0. The van der Waals surface area contributed by atoms with Gasteiger partial charge in [-0.15, -0.1) is 6.42 Å². The van der Waals surface area contributed by atoms with E-state index in [0.29, 0.717) is 23.4 Å². The molecule has 3 heterocycles. The number of hydrogen-bond acceptors (Lipinski definition) is 5. The van der Waals surface area contributed by atoms with Gasteiger partial charge < -0.3 is 10.3 Å². The van der Waals surface area contributed by atoms with E-state index < -0.39 is 0 Å². The molecule has 0 bridgehead atoms. The Morgan fingerprint density at radius 2 is 2.25 bits per heavy atom. The van der Waals surface area contributed by atoms with E-state index in [1.807, 2.05) is 0 Å². The molecule has 1 aliphatic rings. The minimum absolute atomic E-state index is 0.00108. The van der Waals surface area contributed by atoms with Crippen LogP contribution in [0.1, 0.15) is 18.7 Å². The van der Waals surface area contributed by atoms with Gasteiger partial charge in [0.15, 0.2) is 5.65 Å². The molecule has 1 amide bonds. The Morgan fingerprint density at radius 1 is 1.50 bits per heavy atom. The molecule has 1 saturated heterocycles. The summed E-state index contributed by atoms with van der Waals surface area (Å²) < 4.78 is 1.59. The summed E-state index contributed by atoms with van der Waals surface area (Å²) in [5.74, 6) is 3.05. The second-order valence-corrected chi connectivity index (χ2v) is 5.99. The third kappa shape index (κ3) is 3.31. The molecule has 0 radical (unpaired) electrons. The number of rotatable bonds is 4. The molecule has 8 nitrogen and oxygen atoms in total. The van der Waals surface area contributed by atoms with Crippen LogP contribution < -0.4 is 10.9 Å². The van der Waals surface area contributed by atoms with E-state index in [4.69, 9.17) is 6.42 Å². The Kier molecular flexibility index (Phi) is 4.62. The lowest BCUT2D eigenvalue weighted by Crippen LogP contribution is -2.40. The normalized spacial score (nSPS) is 16.2. The highest BCUT2D eigenvalue weighted by Crippen LogP contribution is 2.18. The molecule has 1 aliphatic heterocycles. The minimum Gasteiger partial charge on any atom is -0.345 e. The maximum absolute atomic E-state index is 12.1. The molecule has 8 heteroatoms. The molecule has 0 aliphatic carbocycles. The van der Waals surface area contributed by atoms with Gasteiger partial charge in [0.2, 0.25) is 5.91 Å². The van der Waals surface area contributed by atoms with Crippen LogP contribution in [0.15, 0.2) is 11.0 Å². The van der Waals surface area contributed by atoms with Gasteiger partial charge in [-0.1, -0.05) is 5.92 Å². The van der Waals surface area contributed by atoms with Crippen molar-refractivity contribution in [2.75, 3.05) is 19.6 Å². The van der Waals surface area contributed by atoms with Crippen molar-refractivity contribution in [3.8, 4) is 12.3 Å². The zero-order chi connectivity index (χ0) is 17.1. The average molecular weight is 328 g/mol. The van der Waals surface area contributed by atoms with Gasteiger partial charge in [-0.3, -0.25) is 19.2 Å². The molecule has 0 spiro atoms. The number of hydrogen-bond donors (Lipinski definition) is 2. The molecule has 126 valence electrons. The first-order valence-electron chi connectivity index (χ1n) is 7.93. The number of carbonyl (C=O) groups excluding carboxylic acids is 1. The SMILES string of the molecule is C#CCNC(=O)C1CCN(Cc2nc3c(cnn3C)c(=O)[nH]2)CC1. The maximum Gasteiger partial charge on any atom is 0.262 e. The minimum atomic E-state index is -0.174. The van der Waals surface area contributed by atoms with Crippen molar-refractivity contribution in [1.29, 1.82) is 0 Å². The Balaban J connectivity index is 1.62. The molecular formula is C16H20N6O2. The summed E-state index contributed by atoms with van der Waals surface area (Å²) in [5, 5.41) is 7.29. The summed E-state index contributed by atoms with van der Waals surface area (Å²) in [5.41, 5.74) is 0.406. The highest BCUT2D eigenvalue weighted by atomic mass is 16.2. The largest absolute Gasteiger partial charge is 0.345 e. The van der Waals surface area contributed by atoms with Crippen LogP contribution in [-0.2, 0) is 18.4 Å². The summed E-state index contributed by atoms with van der Waals surface area (Å²) in [7, 11) is 1.76. The summed E-state index contributed by atoms with van der Waals surface area (Å²) in [6, 6.07) is 0. The fraction of sp³-hybridized carbons (Fsp3) is 0.500. The van der Waals surface area contributed by atoms with E-state index in [0.717, 1.165) is 25.9 Å². The monoisotopic (exact) mass is 328 g/mol. The fourth-order valence-electron chi connectivity index (χ4n) is 3.00. The number of carbonyl (C=O) groups is 1. The quantitative estimate of drug-likeness (QED) is 0.746. The van der Waals surface area contributed by atoms with Gasteiger partial charge >= 0.3 is 0 Å². The van der Waals surface area contributed by atoms with Crippen LogP contribution in [0.4, 0.5) is 0 Å². The van der Waals surface area contributed by atoms with Crippen molar-refractivity contribution < 1.29 is 4.79 Å². The van der Waals surface area contributed by atoms with Gasteiger partial charge in [0.05, 0.1) is 19.3 Å². The number of H-pyrrole nitrogens is 1. The maximum atomic E-state index is 12.1. The molecule has 3 rings (SSSR count). The topological polar surface area (TPSA) is 95.9 Å². The smallest absolute Gasteiger partial charge is 0.262 e. The first-order chi connectivity index (χ1) is 11.6. The first-order valence-corrected chi connectivity index (χ1v) is 7.93. The predicted octanol–water partition coefficient (Wildman–Crippen LogP) is -0.382. The van der Waals surface area contributed by atoms with Gasteiger partial charge in [0, 0.05) is 13.0 Å². The number of piperidine rings is 1. The Labute approximate surface area is 139 Å². The molecule has 0 unspecified atom stereocenters. The van der Waals surface area contributed by atoms with Crippen molar-refractivity contribution in [2.45, 2.75) is 19.4 Å². The Morgan fingerprint density at radius 3 is 2.96 bits per heavy atom. The van der Waals surface area contributed by atoms with E-state index >= 15 is 0 Å². The Bertz CT molecular complexity index is 838. The second-order valence-electron chi connectivity index (χ2n) is 5.99. The molecule has 0 aromatic carbocycles. The number of aromatic amines is 1. The number of aryl methyl sites for hydroxylation is 1. The summed E-state index contributed by atoms with van der Waals surface area (Å²) in [6.45, 7) is 2.38. The van der Waals surface area contributed by atoms with E-state index in [1.165, 1.54) is 6.20 Å². The highest BCUT2D eigenvalue weighted by molar-refractivity contribution is 5.79. The Hall–Kier alpha value is -2.66. The van der Waals surface area contributed by atoms with Crippen LogP contribution in [0.3, 0.4) is 0 Å². The molecule has 2 aromatic rings. The van der Waals surface area contributed by atoms with Crippen LogP contribution in [0.25, 0.3) is 11.0 Å². The number of terminal acetylenes is 1. The molecule has 24 heavy (non-hydrogen) atoms. The van der Waals surface area contributed by atoms with E-state index in [-0.39, 0.29) is 23.9 Å².